The number of rotatable bonds is 5. The van der Waals surface area contributed by atoms with E-state index in [4.69, 9.17) is 0 Å². The first-order valence-electron chi connectivity index (χ1n) is 9.08. The summed E-state index contributed by atoms with van der Waals surface area (Å²) in [7, 11) is -3.59. The lowest BCUT2D eigenvalue weighted by Gasteiger charge is -2.25. The summed E-state index contributed by atoms with van der Waals surface area (Å²) in [4.78, 5) is 26.2. The van der Waals surface area contributed by atoms with Crippen molar-refractivity contribution >= 4 is 49.0 Å². The zero-order chi connectivity index (χ0) is 19.9. The van der Waals surface area contributed by atoms with Crippen molar-refractivity contribution < 1.29 is 18.0 Å². The molecular formula is C20H19BrN2O4S. The van der Waals surface area contributed by atoms with Crippen molar-refractivity contribution in [3.05, 3.63) is 52.0 Å². The van der Waals surface area contributed by atoms with Gasteiger partial charge in [-0.25, -0.2) is 8.42 Å². The predicted molar refractivity (Wildman–Crippen MR) is 110 cm³/mol. The van der Waals surface area contributed by atoms with Crippen molar-refractivity contribution in [2.75, 3.05) is 22.5 Å². The predicted octanol–water partition coefficient (Wildman–Crippen LogP) is 3.09. The van der Waals surface area contributed by atoms with Crippen molar-refractivity contribution in [3.8, 4) is 0 Å². The molecule has 6 nitrogen and oxygen atoms in total. The SMILES string of the molecule is O=C(CCS(=O)(=O)c1cc2c3c(c1)CCN3C(=O)CC2)Nc1cccc(Br)c1. The molecule has 0 saturated heterocycles. The average molecular weight is 463 g/mol. The largest absolute Gasteiger partial charge is 0.326 e. The minimum atomic E-state index is -3.59. The van der Waals surface area contributed by atoms with Gasteiger partial charge in [-0.15, -0.1) is 0 Å². The van der Waals surface area contributed by atoms with E-state index in [1.54, 1.807) is 35.2 Å². The minimum Gasteiger partial charge on any atom is -0.326 e. The van der Waals surface area contributed by atoms with E-state index in [1.807, 2.05) is 6.07 Å². The third-order valence-electron chi connectivity index (χ3n) is 5.09. The number of benzene rings is 2. The summed E-state index contributed by atoms with van der Waals surface area (Å²) < 4.78 is 26.4. The van der Waals surface area contributed by atoms with Crippen molar-refractivity contribution in [1.82, 2.24) is 0 Å². The molecular weight excluding hydrogens is 444 g/mol. The maximum Gasteiger partial charge on any atom is 0.227 e. The lowest BCUT2D eigenvalue weighted by atomic mass is 10.00. The fourth-order valence-corrected chi connectivity index (χ4v) is 5.47. The van der Waals surface area contributed by atoms with E-state index in [0.717, 1.165) is 21.3 Å². The molecule has 0 aliphatic carbocycles. The van der Waals surface area contributed by atoms with E-state index in [0.29, 0.717) is 31.5 Å². The number of amides is 2. The van der Waals surface area contributed by atoms with Crippen LogP contribution in [0.5, 0.6) is 0 Å². The summed E-state index contributed by atoms with van der Waals surface area (Å²) >= 11 is 3.33. The first-order chi connectivity index (χ1) is 13.3. The van der Waals surface area contributed by atoms with Gasteiger partial charge in [0.25, 0.3) is 0 Å². The lowest BCUT2D eigenvalue weighted by Crippen LogP contribution is -2.32. The van der Waals surface area contributed by atoms with E-state index in [-0.39, 0.29) is 28.9 Å². The second kappa shape index (κ2) is 7.33. The van der Waals surface area contributed by atoms with Gasteiger partial charge in [-0.1, -0.05) is 22.0 Å². The quantitative estimate of drug-likeness (QED) is 0.739. The summed E-state index contributed by atoms with van der Waals surface area (Å²) in [6.45, 7) is 0.611. The normalized spacial score (nSPS) is 15.5. The van der Waals surface area contributed by atoms with Crippen molar-refractivity contribution in [3.63, 3.8) is 0 Å². The van der Waals surface area contributed by atoms with Gasteiger partial charge < -0.3 is 10.2 Å². The lowest BCUT2D eigenvalue weighted by molar-refractivity contribution is -0.119. The Balaban J connectivity index is 1.49. The van der Waals surface area contributed by atoms with Crippen LogP contribution in [-0.2, 0) is 32.3 Å². The standard InChI is InChI=1S/C20H19BrN2O4S/c21-15-2-1-3-16(12-15)22-18(24)7-9-28(26,27)17-10-13-4-5-19(25)23-8-6-14(11-17)20(13)23/h1-3,10-12H,4-9H2,(H,22,24). The number of anilines is 2. The van der Waals surface area contributed by atoms with E-state index in [9.17, 15) is 18.0 Å². The Morgan fingerprint density at radius 2 is 1.86 bits per heavy atom. The van der Waals surface area contributed by atoms with Crippen LogP contribution in [0, 0.1) is 0 Å². The first kappa shape index (κ1) is 19.1. The molecule has 0 fully saturated rings. The Kier molecular flexibility index (Phi) is 5.01. The number of carbonyl (C=O) groups excluding carboxylic acids is 2. The van der Waals surface area contributed by atoms with E-state index in [1.165, 1.54) is 0 Å². The van der Waals surface area contributed by atoms with Crippen LogP contribution >= 0.6 is 15.9 Å². The Bertz CT molecular complexity index is 1080. The third-order valence-corrected chi connectivity index (χ3v) is 7.28. The number of sulfone groups is 1. The Hall–Kier alpha value is -2.19. The smallest absolute Gasteiger partial charge is 0.227 e. The molecule has 4 rings (SSSR count). The topological polar surface area (TPSA) is 83.6 Å². The van der Waals surface area contributed by atoms with Gasteiger partial charge in [0.05, 0.1) is 16.3 Å². The number of nitrogens with one attached hydrogen (secondary N) is 1. The number of carbonyl (C=O) groups is 2. The highest BCUT2D eigenvalue weighted by atomic mass is 79.9. The molecule has 2 heterocycles. The van der Waals surface area contributed by atoms with Crippen LogP contribution < -0.4 is 10.2 Å². The second-order valence-corrected chi connectivity index (χ2v) is 10.0. The highest BCUT2D eigenvalue weighted by Crippen LogP contribution is 2.38. The van der Waals surface area contributed by atoms with Crippen LogP contribution in [0.2, 0.25) is 0 Å². The highest BCUT2D eigenvalue weighted by Gasteiger charge is 2.32. The van der Waals surface area contributed by atoms with Gasteiger partial charge in [0.1, 0.15) is 0 Å². The monoisotopic (exact) mass is 462 g/mol. The number of hydrogen-bond donors (Lipinski definition) is 1. The Labute approximate surface area is 172 Å². The van der Waals surface area contributed by atoms with Crippen LogP contribution in [0.1, 0.15) is 24.0 Å². The van der Waals surface area contributed by atoms with Crippen molar-refractivity contribution in [2.24, 2.45) is 0 Å². The van der Waals surface area contributed by atoms with Gasteiger partial charge in [-0.05, 0) is 54.3 Å². The summed E-state index contributed by atoms with van der Waals surface area (Å²) in [5.41, 5.74) is 3.32. The zero-order valence-corrected chi connectivity index (χ0v) is 17.5. The van der Waals surface area contributed by atoms with Gasteiger partial charge in [0, 0.05) is 29.5 Å². The fourth-order valence-electron chi connectivity index (χ4n) is 3.74. The molecule has 8 heteroatoms. The van der Waals surface area contributed by atoms with Gasteiger partial charge in [-0.2, -0.15) is 0 Å². The molecule has 146 valence electrons. The molecule has 2 aromatic carbocycles. The fraction of sp³-hybridized carbons (Fsp3) is 0.300. The van der Waals surface area contributed by atoms with Crippen molar-refractivity contribution in [1.29, 1.82) is 0 Å². The molecule has 2 aliphatic heterocycles. The summed E-state index contributed by atoms with van der Waals surface area (Å²) in [5.74, 6) is -0.500. The summed E-state index contributed by atoms with van der Waals surface area (Å²) in [5, 5.41) is 2.71. The van der Waals surface area contributed by atoms with Gasteiger partial charge in [-0.3, -0.25) is 9.59 Å². The molecule has 0 atom stereocenters. The molecule has 0 unspecified atom stereocenters. The molecule has 0 radical (unpaired) electrons. The van der Waals surface area contributed by atoms with Crippen LogP contribution in [0.15, 0.2) is 45.8 Å². The number of hydrogen-bond acceptors (Lipinski definition) is 4. The second-order valence-electron chi connectivity index (χ2n) is 7.01. The van der Waals surface area contributed by atoms with E-state index in [2.05, 4.69) is 21.2 Å². The van der Waals surface area contributed by atoms with Crippen molar-refractivity contribution in [2.45, 2.75) is 30.6 Å². The van der Waals surface area contributed by atoms with Crippen LogP contribution in [0.3, 0.4) is 0 Å². The molecule has 1 N–H and O–H groups in total. The van der Waals surface area contributed by atoms with E-state index < -0.39 is 9.84 Å². The maximum atomic E-state index is 12.8. The molecule has 2 aliphatic rings. The summed E-state index contributed by atoms with van der Waals surface area (Å²) in [6.07, 6.45) is 1.52. The Morgan fingerprint density at radius 3 is 2.61 bits per heavy atom. The molecule has 0 aromatic heterocycles. The molecule has 2 amide bonds. The molecule has 0 saturated carbocycles. The average Bonchev–Trinajstić information content (AvgIpc) is 3.09. The van der Waals surface area contributed by atoms with Crippen LogP contribution in [0.25, 0.3) is 0 Å². The maximum absolute atomic E-state index is 12.8. The number of aryl methyl sites for hydroxylation is 1. The van der Waals surface area contributed by atoms with Crippen LogP contribution in [0.4, 0.5) is 11.4 Å². The van der Waals surface area contributed by atoms with Gasteiger partial charge in [0.2, 0.25) is 11.8 Å². The van der Waals surface area contributed by atoms with Gasteiger partial charge >= 0.3 is 0 Å². The highest BCUT2D eigenvalue weighted by molar-refractivity contribution is 9.10. The zero-order valence-electron chi connectivity index (χ0n) is 15.1. The number of nitrogens with zero attached hydrogens (tertiary/aromatic N) is 1. The van der Waals surface area contributed by atoms with Crippen LogP contribution in [-0.4, -0.2) is 32.5 Å². The van der Waals surface area contributed by atoms with Gasteiger partial charge in [0.15, 0.2) is 9.84 Å². The molecule has 0 spiro atoms. The first-order valence-corrected chi connectivity index (χ1v) is 11.5. The molecule has 2 aromatic rings. The van der Waals surface area contributed by atoms with E-state index >= 15 is 0 Å². The Morgan fingerprint density at radius 1 is 1.11 bits per heavy atom. The molecule has 0 bridgehead atoms. The number of halogens is 1. The molecule has 28 heavy (non-hydrogen) atoms. The third kappa shape index (κ3) is 3.71. The minimum absolute atomic E-state index is 0.103. The summed E-state index contributed by atoms with van der Waals surface area (Å²) in [6, 6.07) is 10.5.